The van der Waals surface area contributed by atoms with E-state index in [1.54, 1.807) is 17.9 Å². The first-order chi connectivity index (χ1) is 22.3. The molecular formula is C36H44FN3O6S. The van der Waals surface area contributed by atoms with E-state index in [1.165, 1.54) is 12.1 Å². The molecule has 4 heterocycles. The van der Waals surface area contributed by atoms with Crippen LogP contribution in [0.25, 0.3) is 10.9 Å². The van der Waals surface area contributed by atoms with Crippen LogP contribution in [0.2, 0.25) is 0 Å². The predicted octanol–water partition coefficient (Wildman–Crippen LogP) is 5.47. The number of nitrogens with one attached hydrogen (secondary N) is 1. The van der Waals surface area contributed by atoms with Crippen LogP contribution in [0.4, 0.5) is 4.39 Å². The molecule has 5 atom stereocenters. The molecule has 0 bridgehead atoms. The fraction of sp³-hybridized carbons (Fsp3) is 0.611. The largest absolute Gasteiger partial charge is 0.483 e. The van der Waals surface area contributed by atoms with Crippen LogP contribution in [0.15, 0.2) is 30.4 Å². The molecule has 0 radical (unpaired) electrons. The summed E-state index contributed by atoms with van der Waals surface area (Å²) in [7, 11) is -3.89. The third-order valence-electron chi connectivity index (χ3n) is 11.6. The summed E-state index contributed by atoms with van der Waals surface area (Å²) in [5, 5.41) is 0.699. The number of fused-ring (bicyclic) bond motifs is 5. The van der Waals surface area contributed by atoms with Crippen molar-refractivity contribution in [1.82, 2.24) is 14.6 Å². The van der Waals surface area contributed by atoms with Crippen molar-refractivity contribution in [2.45, 2.75) is 114 Å². The minimum atomic E-state index is -3.89. The number of benzene rings is 1. The summed E-state index contributed by atoms with van der Waals surface area (Å²) in [6.45, 7) is 5.62. The Morgan fingerprint density at radius 1 is 1.13 bits per heavy atom. The summed E-state index contributed by atoms with van der Waals surface area (Å²) in [5.41, 5.74) is 0.217. The maximum atomic E-state index is 14.4. The van der Waals surface area contributed by atoms with E-state index in [2.05, 4.69) is 9.71 Å². The number of sulfonamides is 1. The molecule has 9 nitrogen and oxygen atoms in total. The lowest BCUT2D eigenvalue weighted by atomic mass is 9.85. The number of carbonyl (C=O) groups excluding carboxylic acids is 3. The Balaban J connectivity index is 1.21. The molecule has 3 fully saturated rings. The average Bonchev–Trinajstić information content (AvgIpc) is 3.92. The Kier molecular flexibility index (Phi) is 7.80. The molecule has 5 aliphatic rings. The van der Waals surface area contributed by atoms with Crippen molar-refractivity contribution in [1.29, 1.82) is 0 Å². The van der Waals surface area contributed by atoms with E-state index in [0.717, 1.165) is 31.2 Å². The molecule has 1 aromatic heterocycles. The molecule has 2 amide bonds. The Bertz CT molecular complexity index is 1810. The molecule has 1 saturated heterocycles. The maximum Gasteiger partial charge on any atom is 0.240 e. The zero-order valence-electron chi connectivity index (χ0n) is 27.4. The molecular weight excluding hydrogens is 621 g/mol. The topological polar surface area (TPSA) is 123 Å². The van der Waals surface area contributed by atoms with Crippen molar-refractivity contribution < 1.29 is 31.9 Å². The van der Waals surface area contributed by atoms with E-state index in [0.29, 0.717) is 60.9 Å². The number of nitrogens with zero attached hydrogens (tertiary/aromatic N) is 2. The molecule has 1 spiro atoms. The number of Topliss-reactive ketones (excluding diaryl/α,β-unsaturated/α-hetero) is 1. The molecule has 2 aliphatic carbocycles. The minimum absolute atomic E-state index is 0.104. The van der Waals surface area contributed by atoms with Crippen molar-refractivity contribution in [2.75, 3.05) is 6.54 Å². The van der Waals surface area contributed by atoms with Crippen molar-refractivity contribution in [3.63, 3.8) is 0 Å². The zero-order valence-corrected chi connectivity index (χ0v) is 28.3. The zero-order chi connectivity index (χ0) is 33.4. The summed E-state index contributed by atoms with van der Waals surface area (Å²) >= 11 is 0. The van der Waals surface area contributed by atoms with Gasteiger partial charge in [-0.3, -0.25) is 19.1 Å². The standard InChI is InChI=1S/C36H44FN3O6S/c1-22-9-7-5-4-6-8-10-24-18-36(24,33(43)39-47(44,45)34(3)15-16-34)20-30(41)29-19-35(21-40(29)32(22)42)14-13-26-27-17-25(37)11-12-28(27)38-23(2)31(26)46-35/h8,10-12,17,22,24,29H,4-7,9,13-16,18-21H2,1-3H3,(H,39,43)/b10-8-/t22-,24+,29-,35+,36+/m0/s1. The highest BCUT2D eigenvalue weighted by molar-refractivity contribution is 7.91. The van der Waals surface area contributed by atoms with Gasteiger partial charge in [0.1, 0.15) is 17.2 Å². The van der Waals surface area contributed by atoms with E-state index in [-0.39, 0.29) is 48.7 Å². The minimum Gasteiger partial charge on any atom is -0.483 e. The molecule has 2 aromatic rings. The molecule has 1 N–H and O–H groups in total. The van der Waals surface area contributed by atoms with E-state index in [1.807, 2.05) is 26.0 Å². The van der Waals surface area contributed by atoms with Crippen LogP contribution < -0.4 is 9.46 Å². The summed E-state index contributed by atoms with van der Waals surface area (Å²) in [6.07, 6.45) is 10.9. The molecule has 11 heteroatoms. The SMILES string of the molecule is Cc1nc2ccc(F)cc2c2c1O[C@]1(CC2)C[C@H]2C(=O)C[C@]3(C(=O)NS(=O)(=O)C4(C)CC4)C[C@H]3/C=C\CCCCC[C@H](C)C(=O)N2C1. The lowest BCUT2D eigenvalue weighted by molar-refractivity contribution is -0.142. The Morgan fingerprint density at radius 2 is 1.91 bits per heavy atom. The number of hydrogen-bond donors (Lipinski definition) is 1. The van der Waals surface area contributed by atoms with Gasteiger partial charge in [-0.2, -0.15) is 0 Å². The molecule has 47 heavy (non-hydrogen) atoms. The van der Waals surface area contributed by atoms with E-state index >= 15 is 0 Å². The van der Waals surface area contributed by atoms with E-state index in [9.17, 15) is 27.2 Å². The van der Waals surface area contributed by atoms with Crippen molar-refractivity contribution >= 4 is 38.5 Å². The number of rotatable bonds is 3. The monoisotopic (exact) mass is 665 g/mol. The fourth-order valence-corrected chi connectivity index (χ4v) is 9.39. The highest BCUT2D eigenvalue weighted by Crippen LogP contribution is 2.58. The fourth-order valence-electron chi connectivity index (χ4n) is 8.05. The third-order valence-corrected chi connectivity index (χ3v) is 13.7. The highest BCUT2D eigenvalue weighted by atomic mass is 32.2. The van der Waals surface area contributed by atoms with Gasteiger partial charge in [0.2, 0.25) is 21.8 Å². The number of aryl methyl sites for hydroxylation is 2. The van der Waals surface area contributed by atoms with Crippen molar-refractivity contribution in [2.24, 2.45) is 17.3 Å². The van der Waals surface area contributed by atoms with Crippen molar-refractivity contribution in [3.8, 4) is 5.75 Å². The lowest BCUT2D eigenvalue weighted by Crippen LogP contribution is -2.47. The number of allylic oxidation sites excluding steroid dienone is 2. The van der Waals surface area contributed by atoms with Gasteiger partial charge in [0, 0.05) is 29.7 Å². The molecule has 252 valence electrons. The number of hydrogen-bond acceptors (Lipinski definition) is 7. The Hall–Kier alpha value is -3.34. The van der Waals surface area contributed by atoms with Crippen LogP contribution >= 0.6 is 0 Å². The van der Waals surface area contributed by atoms with Gasteiger partial charge in [-0.25, -0.2) is 17.8 Å². The first-order valence-electron chi connectivity index (χ1n) is 17.1. The van der Waals surface area contributed by atoms with Crippen LogP contribution in [0.3, 0.4) is 0 Å². The first-order valence-corrected chi connectivity index (χ1v) is 18.6. The van der Waals surface area contributed by atoms with Gasteiger partial charge < -0.3 is 9.64 Å². The van der Waals surface area contributed by atoms with Crippen LogP contribution in [0.1, 0.15) is 95.7 Å². The second kappa shape index (κ2) is 11.4. The normalized spacial score (nSPS) is 32.8. The third kappa shape index (κ3) is 5.66. The first kappa shape index (κ1) is 32.2. The van der Waals surface area contributed by atoms with Crippen LogP contribution in [0.5, 0.6) is 5.75 Å². The van der Waals surface area contributed by atoms with Gasteiger partial charge in [-0.15, -0.1) is 0 Å². The van der Waals surface area contributed by atoms with Gasteiger partial charge in [-0.1, -0.05) is 31.9 Å². The number of aromatic nitrogens is 1. The van der Waals surface area contributed by atoms with E-state index in [4.69, 9.17) is 4.74 Å². The van der Waals surface area contributed by atoms with Crippen molar-refractivity contribution in [3.05, 3.63) is 47.4 Å². The van der Waals surface area contributed by atoms with Gasteiger partial charge in [0.15, 0.2) is 5.78 Å². The number of ketones is 1. The second-order valence-corrected chi connectivity index (χ2v) is 17.3. The molecule has 2 saturated carbocycles. The van der Waals surface area contributed by atoms with Crippen LogP contribution in [0, 0.1) is 30.0 Å². The summed E-state index contributed by atoms with van der Waals surface area (Å²) in [4.78, 5) is 48.6. The van der Waals surface area contributed by atoms with E-state index < -0.39 is 37.7 Å². The average molecular weight is 666 g/mol. The Labute approximate surface area is 275 Å². The molecule has 1 aromatic carbocycles. The number of carbonyl (C=O) groups is 3. The highest BCUT2D eigenvalue weighted by Gasteiger charge is 2.63. The van der Waals surface area contributed by atoms with Crippen LogP contribution in [-0.4, -0.2) is 58.8 Å². The van der Waals surface area contributed by atoms with Gasteiger partial charge in [0.05, 0.1) is 34.0 Å². The van der Waals surface area contributed by atoms with Crippen LogP contribution in [-0.2, 0) is 30.8 Å². The number of amides is 2. The maximum absolute atomic E-state index is 14.4. The lowest BCUT2D eigenvalue weighted by Gasteiger charge is -2.36. The Morgan fingerprint density at radius 3 is 2.68 bits per heavy atom. The summed E-state index contributed by atoms with van der Waals surface area (Å²) in [6, 6.07) is 3.72. The molecule has 7 rings (SSSR count). The van der Waals surface area contributed by atoms with Gasteiger partial charge in [0.25, 0.3) is 0 Å². The number of ether oxygens (including phenoxy) is 1. The summed E-state index contributed by atoms with van der Waals surface area (Å²) < 4.78 is 48.5. The number of pyridine rings is 1. The number of halogens is 1. The quantitative estimate of drug-likeness (QED) is 0.432. The smallest absolute Gasteiger partial charge is 0.240 e. The second-order valence-electron chi connectivity index (χ2n) is 15.1. The van der Waals surface area contributed by atoms with Gasteiger partial charge in [-0.05, 0) is 89.3 Å². The predicted molar refractivity (Wildman–Crippen MR) is 174 cm³/mol. The molecule has 0 unspecified atom stereocenters. The molecule has 3 aliphatic heterocycles. The van der Waals surface area contributed by atoms with Gasteiger partial charge >= 0.3 is 0 Å². The summed E-state index contributed by atoms with van der Waals surface area (Å²) in [5.74, 6) is -1.29.